The third kappa shape index (κ3) is 11.1. The van der Waals surface area contributed by atoms with Gasteiger partial charge in [-0.1, -0.05) is 88.3 Å². The first kappa shape index (κ1) is 19.9. The van der Waals surface area contributed by atoms with Crippen molar-refractivity contribution in [1.82, 2.24) is 0 Å². The average molecular weight is 319 g/mol. The van der Waals surface area contributed by atoms with Gasteiger partial charge in [-0.15, -0.1) is 0 Å². The Labute approximate surface area is 142 Å². The molecule has 0 heterocycles. The summed E-state index contributed by atoms with van der Waals surface area (Å²) in [5.41, 5.74) is 2.06. The molecule has 0 aliphatic carbocycles. The molecule has 1 N–H and O–H groups in total. The SMILES string of the molecule is CCCCCCCCCCC=CCOCc1cccc(CO)c1. The van der Waals surface area contributed by atoms with Crippen LogP contribution in [0.1, 0.15) is 75.8 Å². The van der Waals surface area contributed by atoms with E-state index in [0.717, 1.165) is 17.5 Å². The number of hydrogen-bond donors (Lipinski definition) is 1. The Kier molecular flexibility index (Phi) is 12.5. The minimum Gasteiger partial charge on any atom is -0.392 e. The zero-order valence-corrected chi connectivity index (χ0v) is 14.8. The lowest BCUT2D eigenvalue weighted by atomic mass is 10.1. The van der Waals surface area contributed by atoms with Crippen molar-refractivity contribution in [1.29, 1.82) is 0 Å². The van der Waals surface area contributed by atoms with Gasteiger partial charge in [-0.3, -0.25) is 0 Å². The molecule has 23 heavy (non-hydrogen) atoms. The van der Waals surface area contributed by atoms with E-state index in [1.165, 1.54) is 51.4 Å². The van der Waals surface area contributed by atoms with Crippen molar-refractivity contribution in [2.45, 2.75) is 77.9 Å². The van der Waals surface area contributed by atoms with E-state index in [1.807, 2.05) is 24.3 Å². The molecular weight excluding hydrogens is 284 g/mol. The Morgan fingerprint density at radius 3 is 2.35 bits per heavy atom. The molecule has 0 aromatic heterocycles. The number of hydrogen-bond acceptors (Lipinski definition) is 2. The largest absolute Gasteiger partial charge is 0.392 e. The summed E-state index contributed by atoms with van der Waals surface area (Å²) in [7, 11) is 0. The number of allylic oxidation sites excluding steroid dienone is 1. The van der Waals surface area contributed by atoms with Gasteiger partial charge in [0, 0.05) is 0 Å². The summed E-state index contributed by atoms with van der Waals surface area (Å²) in [4.78, 5) is 0. The van der Waals surface area contributed by atoms with E-state index in [0.29, 0.717) is 13.2 Å². The Hall–Kier alpha value is -1.12. The Bertz CT molecular complexity index is 412. The molecule has 1 aromatic carbocycles. The molecule has 0 atom stereocenters. The highest BCUT2D eigenvalue weighted by atomic mass is 16.5. The fourth-order valence-electron chi connectivity index (χ4n) is 2.64. The summed E-state index contributed by atoms with van der Waals surface area (Å²) in [6.07, 6.45) is 16.5. The van der Waals surface area contributed by atoms with Crippen LogP contribution in [-0.4, -0.2) is 11.7 Å². The van der Waals surface area contributed by atoms with Gasteiger partial charge in [0.05, 0.1) is 19.8 Å². The molecular formula is C21H34O2. The number of unbranched alkanes of at least 4 members (excludes halogenated alkanes) is 8. The molecule has 0 aliphatic rings. The first-order valence-electron chi connectivity index (χ1n) is 9.28. The van der Waals surface area contributed by atoms with Crippen molar-refractivity contribution in [2.24, 2.45) is 0 Å². The van der Waals surface area contributed by atoms with E-state index in [9.17, 15) is 0 Å². The van der Waals surface area contributed by atoms with Crippen molar-refractivity contribution in [3.05, 3.63) is 47.5 Å². The van der Waals surface area contributed by atoms with Crippen LogP contribution in [0.3, 0.4) is 0 Å². The monoisotopic (exact) mass is 318 g/mol. The minimum atomic E-state index is 0.0896. The van der Waals surface area contributed by atoms with E-state index >= 15 is 0 Å². The van der Waals surface area contributed by atoms with Gasteiger partial charge < -0.3 is 9.84 Å². The summed E-state index contributed by atoms with van der Waals surface area (Å²) >= 11 is 0. The van der Waals surface area contributed by atoms with Crippen molar-refractivity contribution >= 4 is 0 Å². The lowest BCUT2D eigenvalue weighted by Crippen LogP contribution is -1.94. The minimum absolute atomic E-state index is 0.0896. The summed E-state index contributed by atoms with van der Waals surface area (Å²) in [6.45, 7) is 3.63. The molecule has 0 saturated heterocycles. The van der Waals surface area contributed by atoms with Crippen LogP contribution in [0.5, 0.6) is 0 Å². The lowest BCUT2D eigenvalue weighted by molar-refractivity contribution is 0.148. The number of rotatable bonds is 14. The average Bonchev–Trinajstić information content (AvgIpc) is 2.59. The number of aliphatic hydroxyl groups is 1. The van der Waals surface area contributed by atoms with Crippen LogP contribution in [0, 0.1) is 0 Å². The Morgan fingerprint density at radius 1 is 0.913 bits per heavy atom. The number of aliphatic hydroxyl groups excluding tert-OH is 1. The molecule has 1 rings (SSSR count). The van der Waals surface area contributed by atoms with Crippen LogP contribution < -0.4 is 0 Å². The summed E-state index contributed by atoms with van der Waals surface area (Å²) < 4.78 is 5.63. The van der Waals surface area contributed by atoms with Gasteiger partial charge >= 0.3 is 0 Å². The fraction of sp³-hybridized carbons (Fsp3) is 0.619. The van der Waals surface area contributed by atoms with Gasteiger partial charge in [0.2, 0.25) is 0 Å². The third-order valence-electron chi connectivity index (χ3n) is 4.05. The first-order chi connectivity index (χ1) is 11.4. The molecule has 0 radical (unpaired) electrons. The molecule has 0 saturated carbocycles. The molecule has 0 fully saturated rings. The summed E-state index contributed by atoms with van der Waals surface area (Å²) in [5.74, 6) is 0. The van der Waals surface area contributed by atoms with Gasteiger partial charge in [-0.2, -0.15) is 0 Å². The van der Waals surface area contributed by atoms with Gasteiger partial charge in [0.1, 0.15) is 0 Å². The lowest BCUT2D eigenvalue weighted by Gasteiger charge is -2.03. The molecule has 2 heteroatoms. The van der Waals surface area contributed by atoms with E-state index in [-0.39, 0.29) is 6.61 Å². The molecule has 2 nitrogen and oxygen atoms in total. The first-order valence-corrected chi connectivity index (χ1v) is 9.28. The molecule has 0 bridgehead atoms. The topological polar surface area (TPSA) is 29.5 Å². The second kappa shape index (κ2) is 14.5. The number of benzene rings is 1. The quantitative estimate of drug-likeness (QED) is 0.348. The van der Waals surface area contributed by atoms with Gasteiger partial charge in [-0.25, -0.2) is 0 Å². The van der Waals surface area contributed by atoms with E-state index < -0.39 is 0 Å². The zero-order valence-electron chi connectivity index (χ0n) is 14.8. The van der Waals surface area contributed by atoms with Crippen molar-refractivity contribution in [3.63, 3.8) is 0 Å². The second-order valence-electron chi connectivity index (χ2n) is 6.23. The summed E-state index contributed by atoms with van der Waals surface area (Å²) in [5, 5.41) is 9.09. The van der Waals surface area contributed by atoms with Crippen LogP contribution in [0.4, 0.5) is 0 Å². The standard InChI is InChI=1S/C21H34O2/c1-2-3-4-5-6-7-8-9-10-11-12-16-23-19-21-15-13-14-20(17-21)18-22/h11-15,17,22H,2-10,16,18-19H2,1H3. The van der Waals surface area contributed by atoms with Gasteiger partial charge in [0.25, 0.3) is 0 Å². The predicted octanol–water partition coefficient (Wildman–Crippen LogP) is 5.78. The molecule has 0 spiro atoms. The highest BCUT2D eigenvalue weighted by Crippen LogP contribution is 2.10. The summed E-state index contributed by atoms with van der Waals surface area (Å²) in [6, 6.07) is 7.91. The van der Waals surface area contributed by atoms with Crippen molar-refractivity contribution in [3.8, 4) is 0 Å². The maximum absolute atomic E-state index is 9.09. The Balaban J connectivity index is 1.92. The zero-order chi connectivity index (χ0) is 16.6. The highest BCUT2D eigenvalue weighted by molar-refractivity contribution is 5.22. The molecule has 1 aromatic rings. The van der Waals surface area contributed by atoms with Crippen molar-refractivity contribution < 1.29 is 9.84 Å². The van der Waals surface area contributed by atoms with Crippen molar-refractivity contribution in [2.75, 3.05) is 6.61 Å². The fourth-order valence-corrected chi connectivity index (χ4v) is 2.64. The molecule has 0 unspecified atom stereocenters. The molecule has 0 aliphatic heterocycles. The molecule has 130 valence electrons. The second-order valence-corrected chi connectivity index (χ2v) is 6.23. The normalized spacial score (nSPS) is 11.4. The van der Waals surface area contributed by atoms with E-state index in [2.05, 4.69) is 19.1 Å². The Morgan fingerprint density at radius 2 is 1.61 bits per heavy atom. The predicted molar refractivity (Wildman–Crippen MR) is 98.4 cm³/mol. The van der Waals surface area contributed by atoms with Crippen LogP contribution >= 0.6 is 0 Å². The van der Waals surface area contributed by atoms with E-state index in [4.69, 9.17) is 9.84 Å². The maximum atomic E-state index is 9.09. The van der Waals surface area contributed by atoms with Crippen LogP contribution in [-0.2, 0) is 18.0 Å². The van der Waals surface area contributed by atoms with Gasteiger partial charge in [0.15, 0.2) is 0 Å². The maximum Gasteiger partial charge on any atom is 0.0721 e. The third-order valence-corrected chi connectivity index (χ3v) is 4.05. The molecule has 0 amide bonds. The van der Waals surface area contributed by atoms with Crippen LogP contribution in [0.2, 0.25) is 0 Å². The highest BCUT2D eigenvalue weighted by Gasteiger charge is 1.95. The van der Waals surface area contributed by atoms with Crippen LogP contribution in [0.25, 0.3) is 0 Å². The van der Waals surface area contributed by atoms with E-state index in [1.54, 1.807) is 0 Å². The smallest absolute Gasteiger partial charge is 0.0721 e. The van der Waals surface area contributed by atoms with Gasteiger partial charge in [-0.05, 0) is 24.0 Å². The van der Waals surface area contributed by atoms with Crippen LogP contribution in [0.15, 0.2) is 36.4 Å². The number of ether oxygens (including phenoxy) is 1.